The van der Waals surface area contributed by atoms with Crippen LogP contribution in [0.5, 0.6) is 0 Å². The van der Waals surface area contributed by atoms with Crippen molar-refractivity contribution in [2.45, 2.75) is 25.0 Å². The highest BCUT2D eigenvalue weighted by Crippen LogP contribution is 2.24. The first kappa shape index (κ1) is 24.9. The van der Waals surface area contributed by atoms with Crippen LogP contribution in [-0.4, -0.2) is 57.9 Å². The molecule has 0 aliphatic carbocycles. The maximum atomic E-state index is 12.9. The van der Waals surface area contributed by atoms with Crippen LogP contribution >= 0.6 is 0 Å². The van der Waals surface area contributed by atoms with Crippen LogP contribution in [0.3, 0.4) is 0 Å². The monoisotopic (exact) mass is 473 g/mol. The summed E-state index contributed by atoms with van der Waals surface area (Å²) >= 11 is 0. The second-order valence-electron chi connectivity index (χ2n) is 8.05. The van der Waals surface area contributed by atoms with Crippen LogP contribution < -0.4 is 10.6 Å². The molecular formula is C24H31N3O5S. The number of methoxy groups -OCH3 is 1. The Hall–Kier alpha value is -2.75. The van der Waals surface area contributed by atoms with E-state index < -0.39 is 10.0 Å². The van der Waals surface area contributed by atoms with Crippen molar-refractivity contribution in [1.29, 1.82) is 0 Å². The Kier molecular flexibility index (Phi) is 8.99. The van der Waals surface area contributed by atoms with Gasteiger partial charge in [0, 0.05) is 39.3 Å². The average Bonchev–Trinajstić information content (AvgIpc) is 2.82. The van der Waals surface area contributed by atoms with Gasteiger partial charge in [-0.15, -0.1) is 0 Å². The van der Waals surface area contributed by atoms with Gasteiger partial charge in [-0.2, -0.15) is 0 Å². The molecule has 1 aliphatic heterocycles. The Labute approximate surface area is 195 Å². The van der Waals surface area contributed by atoms with Gasteiger partial charge in [0.1, 0.15) is 0 Å². The molecule has 33 heavy (non-hydrogen) atoms. The van der Waals surface area contributed by atoms with Gasteiger partial charge in [-0.05, 0) is 37.0 Å². The van der Waals surface area contributed by atoms with E-state index in [0.29, 0.717) is 56.8 Å². The third-order valence-corrected chi connectivity index (χ3v) is 7.50. The summed E-state index contributed by atoms with van der Waals surface area (Å²) in [4.78, 5) is 25.4. The van der Waals surface area contributed by atoms with Gasteiger partial charge >= 0.3 is 0 Å². The molecule has 0 unspecified atom stereocenters. The van der Waals surface area contributed by atoms with Crippen LogP contribution in [0.4, 0.5) is 5.69 Å². The number of benzene rings is 2. The Morgan fingerprint density at radius 1 is 1.03 bits per heavy atom. The molecule has 0 aromatic heterocycles. The number of piperidine rings is 1. The summed E-state index contributed by atoms with van der Waals surface area (Å²) in [5, 5.41) is 5.69. The van der Waals surface area contributed by atoms with E-state index in [1.807, 2.05) is 18.2 Å². The van der Waals surface area contributed by atoms with Crippen molar-refractivity contribution in [2.24, 2.45) is 5.92 Å². The number of nitrogens with zero attached hydrogens (tertiary/aromatic N) is 1. The van der Waals surface area contributed by atoms with Crippen LogP contribution in [0, 0.1) is 5.92 Å². The standard InChI is InChI=1S/C24H31N3O5S/c1-32-17-7-14-25-24(29)21-10-5-6-11-22(21)26-23(28)20-12-15-27(16-13-20)33(30,31)18-19-8-3-2-4-9-19/h2-6,8-11,20H,7,12-18H2,1H3,(H,25,29)(H,26,28). The number of ether oxygens (including phenoxy) is 1. The molecule has 2 N–H and O–H groups in total. The lowest BCUT2D eigenvalue weighted by Crippen LogP contribution is -2.42. The first-order chi connectivity index (χ1) is 15.9. The zero-order chi connectivity index (χ0) is 23.7. The fourth-order valence-electron chi connectivity index (χ4n) is 3.81. The van der Waals surface area contributed by atoms with Crippen molar-refractivity contribution in [2.75, 3.05) is 38.7 Å². The molecule has 9 heteroatoms. The van der Waals surface area contributed by atoms with Gasteiger partial charge in [0.2, 0.25) is 15.9 Å². The summed E-state index contributed by atoms with van der Waals surface area (Å²) in [6.07, 6.45) is 1.57. The minimum atomic E-state index is -3.44. The topological polar surface area (TPSA) is 105 Å². The first-order valence-electron chi connectivity index (χ1n) is 11.1. The van der Waals surface area contributed by atoms with E-state index >= 15 is 0 Å². The summed E-state index contributed by atoms with van der Waals surface area (Å²) in [6.45, 7) is 1.63. The van der Waals surface area contributed by atoms with Crippen molar-refractivity contribution in [3.05, 3.63) is 65.7 Å². The molecule has 0 saturated carbocycles. The number of carbonyl (C=O) groups excluding carboxylic acids is 2. The lowest BCUT2D eigenvalue weighted by molar-refractivity contribution is -0.120. The second-order valence-corrected chi connectivity index (χ2v) is 10.0. The molecule has 1 aliphatic rings. The van der Waals surface area contributed by atoms with Gasteiger partial charge in [-0.25, -0.2) is 12.7 Å². The minimum absolute atomic E-state index is 0.0441. The van der Waals surface area contributed by atoms with Crippen molar-refractivity contribution in [3.8, 4) is 0 Å². The molecule has 2 amide bonds. The number of hydrogen-bond donors (Lipinski definition) is 2. The summed E-state index contributed by atoms with van der Waals surface area (Å²) in [7, 11) is -1.83. The van der Waals surface area contributed by atoms with Gasteiger partial charge in [0.25, 0.3) is 5.91 Å². The van der Waals surface area contributed by atoms with E-state index in [9.17, 15) is 18.0 Å². The molecule has 0 spiro atoms. The maximum absolute atomic E-state index is 12.9. The molecule has 0 atom stereocenters. The number of anilines is 1. The van der Waals surface area contributed by atoms with E-state index in [2.05, 4.69) is 10.6 Å². The summed E-state index contributed by atoms with van der Waals surface area (Å²) in [5.74, 6) is -0.818. The molecule has 1 heterocycles. The second kappa shape index (κ2) is 11.9. The molecule has 2 aromatic rings. The highest BCUT2D eigenvalue weighted by atomic mass is 32.2. The molecule has 1 fully saturated rings. The quantitative estimate of drug-likeness (QED) is 0.516. The summed E-state index contributed by atoms with van der Waals surface area (Å²) in [6, 6.07) is 15.9. The third-order valence-electron chi connectivity index (χ3n) is 5.65. The lowest BCUT2D eigenvalue weighted by Gasteiger charge is -2.30. The SMILES string of the molecule is COCCCNC(=O)c1ccccc1NC(=O)C1CCN(S(=O)(=O)Cc2ccccc2)CC1. The fraction of sp³-hybridized carbons (Fsp3) is 0.417. The minimum Gasteiger partial charge on any atom is -0.385 e. The van der Waals surface area contributed by atoms with E-state index in [4.69, 9.17) is 4.74 Å². The molecule has 0 radical (unpaired) electrons. The van der Waals surface area contributed by atoms with Gasteiger partial charge in [-0.3, -0.25) is 9.59 Å². The summed E-state index contributed by atoms with van der Waals surface area (Å²) < 4.78 is 31.9. The summed E-state index contributed by atoms with van der Waals surface area (Å²) in [5.41, 5.74) is 1.59. The van der Waals surface area contributed by atoms with E-state index in [1.54, 1.807) is 43.5 Å². The van der Waals surface area contributed by atoms with Crippen molar-refractivity contribution in [3.63, 3.8) is 0 Å². The first-order valence-corrected chi connectivity index (χ1v) is 12.7. The number of nitrogens with one attached hydrogen (secondary N) is 2. The maximum Gasteiger partial charge on any atom is 0.253 e. The normalized spacial score (nSPS) is 15.2. The van der Waals surface area contributed by atoms with E-state index in [1.165, 1.54) is 4.31 Å². The number of sulfonamides is 1. The Morgan fingerprint density at radius 3 is 2.39 bits per heavy atom. The molecule has 8 nitrogen and oxygen atoms in total. The average molecular weight is 474 g/mol. The zero-order valence-electron chi connectivity index (χ0n) is 18.8. The fourth-order valence-corrected chi connectivity index (χ4v) is 5.37. The van der Waals surface area contributed by atoms with E-state index in [0.717, 1.165) is 5.56 Å². The predicted octanol–water partition coefficient (Wildman–Crippen LogP) is 2.63. The predicted molar refractivity (Wildman–Crippen MR) is 127 cm³/mol. The van der Waals surface area contributed by atoms with Crippen LogP contribution in [-0.2, 0) is 25.3 Å². The molecule has 2 aromatic carbocycles. The third kappa shape index (κ3) is 7.12. The molecule has 3 rings (SSSR count). The Balaban J connectivity index is 1.55. The molecular weight excluding hydrogens is 442 g/mol. The van der Waals surface area contributed by atoms with Gasteiger partial charge in [0.15, 0.2) is 0 Å². The van der Waals surface area contributed by atoms with Crippen LogP contribution in [0.2, 0.25) is 0 Å². The number of carbonyl (C=O) groups is 2. The van der Waals surface area contributed by atoms with Gasteiger partial charge in [0.05, 0.1) is 17.0 Å². The van der Waals surface area contributed by atoms with Crippen molar-refractivity contribution < 1.29 is 22.7 Å². The van der Waals surface area contributed by atoms with Crippen LogP contribution in [0.1, 0.15) is 35.2 Å². The number of rotatable bonds is 10. The smallest absolute Gasteiger partial charge is 0.253 e. The number of amides is 2. The van der Waals surface area contributed by atoms with Crippen molar-refractivity contribution in [1.82, 2.24) is 9.62 Å². The van der Waals surface area contributed by atoms with Gasteiger partial charge < -0.3 is 15.4 Å². The molecule has 1 saturated heterocycles. The Morgan fingerprint density at radius 2 is 1.70 bits per heavy atom. The molecule has 178 valence electrons. The molecule has 0 bridgehead atoms. The number of para-hydroxylation sites is 1. The number of hydrogen-bond acceptors (Lipinski definition) is 5. The highest BCUT2D eigenvalue weighted by Gasteiger charge is 2.31. The van der Waals surface area contributed by atoms with Gasteiger partial charge in [-0.1, -0.05) is 42.5 Å². The van der Waals surface area contributed by atoms with Crippen LogP contribution in [0.15, 0.2) is 54.6 Å². The van der Waals surface area contributed by atoms with Crippen LogP contribution in [0.25, 0.3) is 0 Å². The van der Waals surface area contributed by atoms with Crippen molar-refractivity contribution >= 4 is 27.5 Å². The Bertz CT molecular complexity index is 1040. The van der Waals surface area contributed by atoms with E-state index in [-0.39, 0.29) is 23.5 Å². The largest absolute Gasteiger partial charge is 0.385 e. The highest BCUT2D eigenvalue weighted by molar-refractivity contribution is 7.88. The zero-order valence-corrected chi connectivity index (χ0v) is 19.6. The lowest BCUT2D eigenvalue weighted by atomic mass is 9.97.